The van der Waals surface area contributed by atoms with E-state index in [-0.39, 0.29) is 0 Å². The van der Waals surface area contributed by atoms with E-state index in [1.165, 1.54) is 23.5 Å². The Hall–Kier alpha value is 0.620. The second-order valence-electron chi connectivity index (χ2n) is 3.18. The fourth-order valence-corrected chi connectivity index (χ4v) is 3.81. The first kappa shape index (κ1) is 10.7. The van der Waals surface area contributed by atoms with E-state index in [0.29, 0.717) is 11.5 Å². The van der Waals surface area contributed by atoms with Crippen molar-refractivity contribution in [2.45, 2.75) is 36.6 Å². The van der Waals surface area contributed by atoms with Crippen molar-refractivity contribution in [3.63, 3.8) is 0 Å². The third-order valence-corrected chi connectivity index (χ3v) is 5.79. The van der Waals surface area contributed by atoms with Gasteiger partial charge in [-0.1, -0.05) is 13.8 Å². The molecule has 0 bridgehead atoms. The molecule has 1 rings (SSSR count). The molecular weight excluding hydrogens is 192 g/mol. The summed E-state index contributed by atoms with van der Waals surface area (Å²) >= 11 is 2.96. The summed E-state index contributed by atoms with van der Waals surface area (Å²) in [6.07, 6.45) is 1.51. The molecule has 1 fully saturated rings. The zero-order valence-corrected chi connectivity index (χ0v) is 9.17. The van der Waals surface area contributed by atoms with E-state index in [9.17, 15) is 10.2 Å². The van der Waals surface area contributed by atoms with Crippen molar-refractivity contribution in [3.05, 3.63) is 0 Å². The van der Waals surface area contributed by atoms with Gasteiger partial charge in [0.1, 0.15) is 9.87 Å². The predicted molar refractivity (Wildman–Crippen MR) is 55.4 cm³/mol. The number of rotatable bonds is 2. The fraction of sp³-hybridized carbons (Fsp3) is 1.00. The van der Waals surface area contributed by atoms with Gasteiger partial charge in [0.05, 0.1) is 0 Å². The minimum absolute atomic E-state index is 0.605. The summed E-state index contributed by atoms with van der Waals surface area (Å²) in [6, 6.07) is 0. The van der Waals surface area contributed by atoms with Gasteiger partial charge in [0.15, 0.2) is 0 Å². The van der Waals surface area contributed by atoms with Crippen LogP contribution >= 0.6 is 23.5 Å². The first-order valence-corrected chi connectivity index (χ1v) is 6.23. The Kier molecular flexibility index (Phi) is 3.37. The van der Waals surface area contributed by atoms with Crippen molar-refractivity contribution < 1.29 is 10.2 Å². The smallest absolute Gasteiger partial charge is 0.119 e. The van der Waals surface area contributed by atoms with Crippen molar-refractivity contribution in [1.82, 2.24) is 0 Å². The molecular formula is C8H16O2S2. The van der Waals surface area contributed by atoms with Crippen LogP contribution in [0.2, 0.25) is 0 Å². The molecule has 1 aliphatic heterocycles. The summed E-state index contributed by atoms with van der Waals surface area (Å²) in [5.41, 5.74) is 0. The van der Waals surface area contributed by atoms with Crippen LogP contribution in [-0.2, 0) is 0 Å². The molecule has 0 aliphatic carbocycles. The molecule has 72 valence electrons. The monoisotopic (exact) mass is 208 g/mol. The van der Waals surface area contributed by atoms with E-state index in [2.05, 4.69) is 0 Å². The molecule has 2 N–H and O–H groups in total. The number of thioether (sulfide) groups is 2. The van der Waals surface area contributed by atoms with Gasteiger partial charge in [-0.2, -0.15) is 0 Å². The zero-order chi connectivity index (χ0) is 9.24. The van der Waals surface area contributed by atoms with E-state index >= 15 is 0 Å². The molecule has 12 heavy (non-hydrogen) atoms. The highest BCUT2D eigenvalue weighted by Gasteiger charge is 2.39. The lowest BCUT2D eigenvalue weighted by Gasteiger charge is -2.39. The van der Waals surface area contributed by atoms with Crippen molar-refractivity contribution in [1.29, 1.82) is 0 Å². The Labute approximate surface area is 82.1 Å². The molecule has 0 aromatic carbocycles. The van der Waals surface area contributed by atoms with Gasteiger partial charge in [-0.05, 0) is 12.8 Å². The Bertz CT molecular complexity index is 135. The van der Waals surface area contributed by atoms with Gasteiger partial charge in [-0.3, -0.25) is 0 Å². The van der Waals surface area contributed by atoms with Crippen molar-refractivity contribution in [2.75, 3.05) is 11.5 Å². The largest absolute Gasteiger partial charge is 0.379 e. The molecule has 1 aliphatic rings. The Morgan fingerprint density at radius 2 is 1.33 bits per heavy atom. The summed E-state index contributed by atoms with van der Waals surface area (Å²) < 4.78 is 0. The molecule has 2 atom stereocenters. The van der Waals surface area contributed by atoms with Crippen LogP contribution in [0.3, 0.4) is 0 Å². The molecule has 1 saturated heterocycles. The van der Waals surface area contributed by atoms with Crippen LogP contribution < -0.4 is 0 Å². The van der Waals surface area contributed by atoms with Gasteiger partial charge in [-0.25, -0.2) is 0 Å². The zero-order valence-electron chi connectivity index (χ0n) is 7.54. The minimum atomic E-state index is -0.605. The predicted octanol–water partition coefficient (Wildman–Crippen LogP) is 1.66. The Balaban J connectivity index is 2.49. The van der Waals surface area contributed by atoms with Crippen LogP contribution in [0.25, 0.3) is 0 Å². The highest BCUT2D eigenvalue weighted by molar-refractivity contribution is 8.07. The summed E-state index contributed by atoms with van der Waals surface area (Å²) in [7, 11) is 0. The second-order valence-corrected chi connectivity index (χ2v) is 5.85. The number of aliphatic hydroxyl groups is 2. The van der Waals surface area contributed by atoms with Crippen LogP contribution in [0.4, 0.5) is 0 Å². The average molecular weight is 208 g/mol. The van der Waals surface area contributed by atoms with Crippen LogP contribution in [0.5, 0.6) is 0 Å². The molecule has 0 radical (unpaired) electrons. The maximum Gasteiger partial charge on any atom is 0.119 e. The normalized spacial score (nSPS) is 43.0. The molecule has 4 heteroatoms. The standard InChI is InChI=1S/C8H16O2S2/c1-3-7(9)5-12-8(10,4-2)6-11-7/h9-10H,3-6H2,1-2H3. The number of hydrogen-bond donors (Lipinski definition) is 2. The van der Waals surface area contributed by atoms with Gasteiger partial charge < -0.3 is 10.2 Å². The molecule has 0 aromatic rings. The van der Waals surface area contributed by atoms with Gasteiger partial charge in [0, 0.05) is 11.5 Å². The summed E-state index contributed by atoms with van der Waals surface area (Å²) in [6.45, 7) is 3.95. The Morgan fingerprint density at radius 3 is 1.50 bits per heavy atom. The maximum atomic E-state index is 9.84. The van der Waals surface area contributed by atoms with Crippen LogP contribution in [0.1, 0.15) is 26.7 Å². The molecule has 0 spiro atoms. The number of hydrogen-bond acceptors (Lipinski definition) is 4. The average Bonchev–Trinajstić information content (AvgIpc) is 2.11. The van der Waals surface area contributed by atoms with Crippen molar-refractivity contribution >= 4 is 23.5 Å². The second kappa shape index (κ2) is 3.78. The lowest BCUT2D eigenvalue weighted by atomic mass is 10.3. The summed E-state index contributed by atoms with van der Waals surface area (Å²) in [4.78, 5) is -1.21. The summed E-state index contributed by atoms with van der Waals surface area (Å²) in [5, 5.41) is 19.7. The van der Waals surface area contributed by atoms with E-state index in [4.69, 9.17) is 0 Å². The van der Waals surface area contributed by atoms with Crippen LogP contribution in [0, 0.1) is 0 Å². The SMILES string of the molecule is CCC1(O)CSC(O)(CC)CS1. The highest BCUT2D eigenvalue weighted by Crippen LogP contribution is 2.44. The van der Waals surface area contributed by atoms with E-state index in [1.54, 1.807) is 0 Å². The van der Waals surface area contributed by atoms with Gasteiger partial charge in [0.25, 0.3) is 0 Å². The minimum Gasteiger partial charge on any atom is -0.379 e. The first-order chi connectivity index (χ1) is 5.54. The molecule has 1 heterocycles. The Morgan fingerprint density at radius 1 is 1.00 bits per heavy atom. The van der Waals surface area contributed by atoms with Crippen molar-refractivity contribution in [2.24, 2.45) is 0 Å². The molecule has 0 aromatic heterocycles. The lowest BCUT2D eigenvalue weighted by Crippen LogP contribution is -2.41. The maximum absolute atomic E-state index is 9.84. The van der Waals surface area contributed by atoms with Gasteiger partial charge in [-0.15, -0.1) is 23.5 Å². The molecule has 2 unspecified atom stereocenters. The molecule has 2 nitrogen and oxygen atoms in total. The molecule has 0 amide bonds. The first-order valence-electron chi connectivity index (χ1n) is 4.26. The lowest BCUT2D eigenvalue weighted by molar-refractivity contribution is 0.130. The van der Waals surface area contributed by atoms with E-state index < -0.39 is 9.87 Å². The quantitative estimate of drug-likeness (QED) is 0.724. The summed E-state index contributed by atoms with van der Waals surface area (Å²) in [5.74, 6) is 1.27. The third kappa shape index (κ3) is 2.31. The van der Waals surface area contributed by atoms with Gasteiger partial charge >= 0.3 is 0 Å². The third-order valence-electron chi connectivity index (χ3n) is 2.24. The van der Waals surface area contributed by atoms with Crippen LogP contribution in [-0.4, -0.2) is 31.6 Å². The fourth-order valence-electron chi connectivity index (χ4n) is 0.986. The highest BCUT2D eigenvalue weighted by atomic mass is 32.2. The van der Waals surface area contributed by atoms with Crippen LogP contribution in [0.15, 0.2) is 0 Å². The van der Waals surface area contributed by atoms with Crippen molar-refractivity contribution in [3.8, 4) is 0 Å². The topological polar surface area (TPSA) is 40.5 Å². The molecule has 0 saturated carbocycles. The van der Waals surface area contributed by atoms with Gasteiger partial charge in [0.2, 0.25) is 0 Å². The van der Waals surface area contributed by atoms with E-state index in [1.807, 2.05) is 13.8 Å². The van der Waals surface area contributed by atoms with E-state index in [0.717, 1.165) is 12.8 Å².